The number of halogens is 6. The molecule has 52 heavy (non-hydrogen) atoms. The van der Waals surface area contributed by atoms with E-state index in [0.29, 0.717) is 0 Å². The fourth-order valence-corrected chi connectivity index (χ4v) is 4.88. The van der Waals surface area contributed by atoms with Gasteiger partial charge in [0, 0.05) is 34.6 Å². The molecule has 25 heteroatoms. The van der Waals surface area contributed by atoms with Gasteiger partial charge in [-0.2, -0.15) is 13.2 Å². The van der Waals surface area contributed by atoms with Crippen molar-refractivity contribution in [3.63, 3.8) is 0 Å². The van der Waals surface area contributed by atoms with Crippen molar-refractivity contribution in [3.8, 4) is 0 Å². The Bertz CT molecular complexity index is 1400. The molecule has 0 aromatic rings. The van der Waals surface area contributed by atoms with Gasteiger partial charge in [-0.1, -0.05) is 34.8 Å². The lowest BCUT2D eigenvalue weighted by atomic mass is 9.94. The van der Waals surface area contributed by atoms with Gasteiger partial charge in [0.1, 0.15) is 24.9 Å². The summed E-state index contributed by atoms with van der Waals surface area (Å²) in [7, 11) is 0.833. The van der Waals surface area contributed by atoms with Crippen LogP contribution in [0.2, 0.25) is 0 Å². The zero-order chi connectivity index (χ0) is 39.9. The molecule has 2 N–H and O–H groups in total. The maximum atomic E-state index is 13.6. The van der Waals surface area contributed by atoms with Gasteiger partial charge in [-0.25, -0.2) is 4.79 Å². The van der Waals surface area contributed by atoms with E-state index >= 15 is 0 Å². The topological polar surface area (TPSA) is 248 Å². The fourth-order valence-electron chi connectivity index (χ4n) is 4.75. The summed E-state index contributed by atoms with van der Waals surface area (Å²) in [5, 5.41) is 9.46. The first-order valence-electron chi connectivity index (χ1n) is 14.4. The Kier molecular flexibility index (Phi) is 15.7. The Morgan fingerprint density at radius 2 is 1.19 bits per heavy atom. The van der Waals surface area contributed by atoms with E-state index in [9.17, 15) is 46.7 Å². The van der Waals surface area contributed by atoms with E-state index in [1.807, 2.05) is 0 Å². The molecule has 0 saturated carbocycles. The van der Waals surface area contributed by atoms with Gasteiger partial charge < -0.3 is 52.7 Å². The monoisotopic (exact) mass is 818 g/mol. The summed E-state index contributed by atoms with van der Waals surface area (Å²) in [6.45, 7) is 3.47. The van der Waals surface area contributed by atoms with E-state index in [1.54, 1.807) is 0 Å². The molecular formula is C27H32Cl3F3N2O17. The molecule has 0 aromatic heterocycles. The summed E-state index contributed by atoms with van der Waals surface area (Å²) in [5.74, 6) is -10.7. The molecule has 0 aromatic carbocycles. The normalized spacial score (nSPS) is 29.0. The second-order valence-corrected chi connectivity index (χ2v) is 12.9. The summed E-state index contributed by atoms with van der Waals surface area (Å²) >= 11 is 17.1. The van der Waals surface area contributed by atoms with Crippen LogP contribution in [0.4, 0.5) is 13.2 Å². The van der Waals surface area contributed by atoms with Crippen molar-refractivity contribution < 1.29 is 94.1 Å². The largest absolute Gasteiger partial charge is 0.471 e. The average molecular weight is 820 g/mol. The van der Waals surface area contributed by atoms with Crippen LogP contribution in [-0.2, 0) is 80.9 Å². The molecule has 294 valence electrons. The molecule has 0 aliphatic carbocycles. The van der Waals surface area contributed by atoms with E-state index in [-0.39, 0.29) is 0 Å². The van der Waals surface area contributed by atoms with E-state index in [1.165, 1.54) is 5.32 Å². The number of methoxy groups -OCH3 is 1. The number of hydrogen-bond acceptors (Lipinski definition) is 18. The Morgan fingerprint density at radius 3 is 1.65 bits per heavy atom. The highest BCUT2D eigenvalue weighted by Gasteiger charge is 2.60. The molecule has 2 saturated heterocycles. The number of rotatable bonds is 11. The Morgan fingerprint density at radius 1 is 0.692 bits per heavy atom. The molecule has 0 spiro atoms. The highest BCUT2D eigenvalue weighted by atomic mass is 35.6. The lowest BCUT2D eigenvalue weighted by Gasteiger charge is -2.48. The fraction of sp³-hybridized carbons (Fsp3) is 0.704. The van der Waals surface area contributed by atoms with Crippen LogP contribution < -0.4 is 5.32 Å². The first-order valence-corrected chi connectivity index (χ1v) is 15.6. The number of alkyl halides is 6. The first kappa shape index (κ1) is 44.5. The summed E-state index contributed by atoms with van der Waals surface area (Å²) in [5.41, 5.74) is 0. The minimum atomic E-state index is -5.60. The van der Waals surface area contributed by atoms with Gasteiger partial charge in [0.15, 0.2) is 30.7 Å². The summed E-state index contributed by atoms with van der Waals surface area (Å²) in [4.78, 5) is 86.0. The SMILES string of the molecule is COC(=O)[C@H]1O[C@H](OC(=N)C(Cl)(Cl)Cl)[C@H](OC(C)=O)[C@@H](OC(C)=O)[C@@H]1O[C@H]1O[C@H](COC(C)=O)[C@@H](OC(C)=O)[C@H](OC(C)=O)[C@H]1NC(=O)C(F)(F)F. The van der Waals surface area contributed by atoms with Crippen molar-refractivity contribution in [1.82, 2.24) is 5.32 Å². The van der Waals surface area contributed by atoms with Crippen LogP contribution in [0, 0.1) is 5.41 Å². The quantitative estimate of drug-likeness (QED) is 0.0957. The van der Waals surface area contributed by atoms with Gasteiger partial charge in [0.05, 0.1) is 7.11 Å². The van der Waals surface area contributed by atoms with E-state index in [2.05, 4.69) is 0 Å². The van der Waals surface area contributed by atoms with Crippen molar-refractivity contribution in [2.24, 2.45) is 0 Å². The first-order chi connectivity index (χ1) is 23.9. The lowest BCUT2D eigenvalue weighted by molar-refractivity contribution is -0.336. The summed E-state index contributed by atoms with van der Waals surface area (Å²) in [6.07, 6.45) is -24.4. The molecule has 10 atom stereocenters. The van der Waals surface area contributed by atoms with Crippen molar-refractivity contribution in [2.75, 3.05) is 13.7 Å². The van der Waals surface area contributed by atoms with Crippen LogP contribution in [0.5, 0.6) is 0 Å². The van der Waals surface area contributed by atoms with Crippen molar-refractivity contribution in [3.05, 3.63) is 0 Å². The molecule has 2 rings (SSSR count). The van der Waals surface area contributed by atoms with Crippen molar-refractivity contribution >= 4 is 82.4 Å². The maximum Gasteiger partial charge on any atom is 0.471 e. The number of hydrogen-bond donors (Lipinski definition) is 2. The smallest absolute Gasteiger partial charge is 0.467 e. The molecule has 0 bridgehead atoms. The van der Waals surface area contributed by atoms with Crippen LogP contribution in [0.15, 0.2) is 0 Å². The number of carbonyl (C=O) groups excluding carboxylic acids is 7. The van der Waals surface area contributed by atoms with E-state index < -0.39 is 126 Å². The van der Waals surface area contributed by atoms with Gasteiger partial charge in [-0.05, 0) is 0 Å². The third-order valence-corrected chi connectivity index (χ3v) is 7.09. The summed E-state index contributed by atoms with van der Waals surface area (Å²) < 4.78 is 91.1. The van der Waals surface area contributed by atoms with Crippen molar-refractivity contribution in [2.45, 2.75) is 106 Å². The maximum absolute atomic E-state index is 13.6. The average Bonchev–Trinajstić information content (AvgIpc) is 2.99. The minimum Gasteiger partial charge on any atom is -0.467 e. The van der Waals surface area contributed by atoms with Crippen LogP contribution in [0.25, 0.3) is 0 Å². The third kappa shape index (κ3) is 12.5. The number of amides is 1. The standard InChI is InChI=1S/C27H32Cl3F3N2O17/c1-8(36)44-7-13-15(45-9(2)37)16(46-10(3)38)14(35-25(42)27(31,32)33)22(49-13)50-17-18(47-11(4)39)20(48-12(5)40)23(51-19(17)21(41)43-6)52-24(34)26(28,29)30/h13-20,22-23,34H,7H2,1-6H3,(H,35,42)/t13-,14-,15-,16-,17+,18+,19+,20-,22-,23-/m1/s1. The lowest BCUT2D eigenvalue weighted by Crippen LogP contribution is -2.70. The number of esters is 6. The van der Waals surface area contributed by atoms with Crippen LogP contribution in [0.3, 0.4) is 0 Å². The third-order valence-electron chi connectivity index (χ3n) is 6.57. The van der Waals surface area contributed by atoms with Gasteiger partial charge in [-0.15, -0.1) is 0 Å². The van der Waals surface area contributed by atoms with Gasteiger partial charge in [0.25, 0.3) is 3.79 Å². The molecule has 2 fully saturated rings. The Hall–Kier alpha value is -3.70. The number of nitrogens with one attached hydrogen (secondary N) is 2. The van der Waals surface area contributed by atoms with E-state index in [4.69, 9.17) is 87.6 Å². The second kappa shape index (κ2) is 18.4. The molecule has 19 nitrogen and oxygen atoms in total. The Balaban J connectivity index is 2.85. The van der Waals surface area contributed by atoms with Gasteiger partial charge in [-0.3, -0.25) is 34.2 Å². The molecule has 2 aliphatic heterocycles. The second-order valence-electron chi connectivity index (χ2n) is 10.6. The zero-order valence-electron chi connectivity index (χ0n) is 27.7. The summed E-state index contributed by atoms with van der Waals surface area (Å²) in [6, 6.07) is -2.31. The van der Waals surface area contributed by atoms with Gasteiger partial charge >= 0.3 is 47.9 Å². The minimum absolute atomic E-state index is 0.803. The Labute approximate surface area is 306 Å². The molecule has 0 radical (unpaired) electrons. The van der Waals surface area contributed by atoms with Crippen LogP contribution in [-0.4, -0.2) is 133 Å². The van der Waals surface area contributed by atoms with Crippen LogP contribution in [0.1, 0.15) is 34.6 Å². The van der Waals surface area contributed by atoms with E-state index in [0.717, 1.165) is 41.7 Å². The van der Waals surface area contributed by atoms with Crippen molar-refractivity contribution in [1.29, 1.82) is 5.41 Å². The molecular weight excluding hydrogens is 788 g/mol. The molecule has 2 aliphatic rings. The number of carbonyl (C=O) groups is 7. The zero-order valence-corrected chi connectivity index (χ0v) is 30.0. The predicted molar refractivity (Wildman–Crippen MR) is 160 cm³/mol. The van der Waals surface area contributed by atoms with Gasteiger partial charge in [0.2, 0.25) is 18.3 Å². The highest BCUT2D eigenvalue weighted by Crippen LogP contribution is 2.37. The molecule has 2 heterocycles. The number of ether oxygens (including phenoxy) is 10. The highest BCUT2D eigenvalue weighted by molar-refractivity contribution is 6.76. The molecule has 1 amide bonds. The predicted octanol–water partition coefficient (Wildman–Crippen LogP) is 0.695. The van der Waals surface area contributed by atoms with Crippen LogP contribution >= 0.6 is 34.8 Å². The molecule has 0 unspecified atom stereocenters.